The number of carbonyl (C=O) groups excluding carboxylic acids is 1. The van der Waals surface area contributed by atoms with Crippen LogP contribution in [0.5, 0.6) is 0 Å². The van der Waals surface area contributed by atoms with Crippen molar-refractivity contribution in [3.63, 3.8) is 0 Å². The molecular formula is C39H77NO4. The molecule has 0 aliphatic carbocycles. The quantitative estimate of drug-likeness (QED) is 0.0418. The Balaban J connectivity index is 3.68. The normalized spacial score (nSPS) is 13.8. The van der Waals surface area contributed by atoms with Gasteiger partial charge in [-0.3, -0.25) is 4.79 Å². The Labute approximate surface area is 274 Å². The Kier molecular flexibility index (Phi) is 34.2. The van der Waals surface area contributed by atoms with Crippen LogP contribution in [-0.2, 0) is 4.79 Å². The maximum atomic E-state index is 12.4. The summed E-state index contributed by atoms with van der Waals surface area (Å²) in [7, 11) is 0. The molecule has 3 atom stereocenters. The van der Waals surface area contributed by atoms with E-state index in [1.165, 1.54) is 154 Å². The molecule has 4 N–H and O–H groups in total. The minimum absolute atomic E-state index is 0.0183. The number of hydrogen-bond acceptors (Lipinski definition) is 4. The monoisotopic (exact) mass is 624 g/mol. The number of unbranched alkanes of at least 4 members (excludes halogenated alkanes) is 26. The van der Waals surface area contributed by atoms with Gasteiger partial charge in [-0.1, -0.05) is 193 Å². The van der Waals surface area contributed by atoms with E-state index in [9.17, 15) is 20.1 Å². The number of nitrogens with one attached hydrogen (secondary N) is 1. The second-order valence-corrected chi connectivity index (χ2v) is 13.5. The van der Waals surface area contributed by atoms with Crippen molar-refractivity contribution in [3.05, 3.63) is 12.2 Å². The molecule has 5 nitrogen and oxygen atoms in total. The number of hydrogen-bond donors (Lipinski definition) is 4. The Morgan fingerprint density at radius 1 is 0.568 bits per heavy atom. The van der Waals surface area contributed by atoms with Gasteiger partial charge in [0, 0.05) is 0 Å². The van der Waals surface area contributed by atoms with Crippen LogP contribution in [0.15, 0.2) is 12.2 Å². The van der Waals surface area contributed by atoms with Crippen molar-refractivity contribution in [3.8, 4) is 0 Å². The van der Waals surface area contributed by atoms with Crippen molar-refractivity contribution in [1.82, 2.24) is 5.32 Å². The number of aliphatic hydroxyl groups is 3. The molecule has 0 fully saturated rings. The minimum atomic E-state index is -0.922. The number of aliphatic hydroxyl groups excluding tert-OH is 3. The third-order valence-electron chi connectivity index (χ3n) is 9.07. The first-order valence-electron chi connectivity index (χ1n) is 19.5. The highest BCUT2D eigenvalue weighted by atomic mass is 16.3. The van der Waals surface area contributed by atoms with Gasteiger partial charge in [0.25, 0.3) is 0 Å². The Bertz CT molecular complexity index is 611. The molecule has 0 aliphatic heterocycles. The predicted molar refractivity (Wildman–Crippen MR) is 190 cm³/mol. The van der Waals surface area contributed by atoms with E-state index in [-0.39, 0.29) is 18.9 Å². The summed E-state index contributed by atoms with van der Waals surface area (Å²) >= 11 is 0. The summed E-state index contributed by atoms with van der Waals surface area (Å²) in [6.07, 6.45) is 39.1. The van der Waals surface area contributed by atoms with Crippen LogP contribution in [0.3, 0.4) is 0 Å². The topological polar surface area (TPSA) is 89.8 Å². The largest absolute Gasteiger partial charge is 0.394 e. The lowest BCUT2D eigenvalue weighted by Crippen LogP contribution is -2.45. The Morgan fingerprint density at radius 3 is 1.32 bits per heavy atom. The summed E-state index contributed by atoms with van der Waals surface area (Å²) in [5.74, 6) is -0.314. The average Bonchev–Trinajstić information content (AvgIpc) is 3.01. The van der Waals surface area contributed by atoms with Crippen molar-refractivity contribution >= 4 is 5.91 Å². The standard InChI is InChI=1S/C39H77NO4/c1-3-5-7-9-11-13-15-17-18-19-21-22-24-26-28-30-32-36(42)34-39(44)40-37(35-41)38(43)33-31-29-27-25-23-20-16-14-12-10-8-6-4-2/h31,33,36-38,41-43H,3-30,32,34-35H2,1-2H3,(H,40,44)/b33-31+/t36-,37+,38-/m1/s1. The lowest BCUT2D eigenvalue weighted by molar-refractivity contribution is -0.124. The molecule has 0 saturated carbocycles. The van der Waals surface area contributed by atoms with Gasteiger partial charge in [-0.2, -0.15) is 0 Å². The van der Waals surface area contributed by atoms with E-state index in [2.05, 4.69) is 19.2 Å². The smallest absolute Gasteiger partial charge is 0.222 e. The van der Waals surface area contributed by atoms with E-state index >= 15 is 0 Å². The van der Waals surface area contributed by atoms with Crippen molar-refractivity contribution < 1.29 is 20.1 Å². The molecule has 5 heteroatoms. The van der Waals surface area contributed by atoms with Crippen molar-refractivity contribution in [1.29, 1.82) is 0 Å². The van der Waals surface area contributed by atoms with Crippen LogP contribution < -0.4 is 5.32 Å². The van der Waals surface area contributed by atoms with Crippen LogP contribution in [-0.4, -0.2) is 46.1 Å². The van der Waals surface area contributed by atoms with Crippen molar-refractivity contribution in [2.75, 3.05) is 6.61 Å². The molecule has 0 aromatic carbocycles. The molecule has 0 bridgehead atoms. The fraction of sp³-hybridized carbons (Fsp3) is 0.923. The van der Waals surface area contributed by atoms with Gasteiger partial charge in [-0.05, 0) is 19.3 Å². The summed E-state index contributed by atoms with van der Waals surface area (Å²) < 4.78 is 0. The molecule has 0 radical (unpaired) electrons. The summed E-state index contributed by atoms with van der Waals surface area (Å²) in [5, 5.41) is 33.1. The Morgan fingerprint density at radius 2 is 0.932 bits per heavy atom. The highest BCUT2D eigenvalue weighted by Crippen LogP contribution is 2.15. The van der Waals surface area contributed by atoms with E-state index in [4.69, 9.17) is 0 Å². The number of carbonyl (C=O) groups is 1. The van der Waals surface area contributed by atoms with Gasteiger partial charge >= 0.3 is 0 Å². The molecule has 0 rings (SSSR count). The zero-order chi connectivity index (χ0) is 32.4. The van der Waals surface area contributed by atoms with Crippen LogP contribution in [0.4, 0.5) is 0 Å². The van der Waals surface area contributed by atoms with Crippen molar-refractivity contribution in [2.24, 2.45) is 0 Å². The number of rotatable bonds is 35. The van der Waals surface area contributed by atoms with E-state index in [0.717, 1.165) is 25.7 Å². The first-order chi connectivity index (χ1) is 21.5. The second kappa shape index (κ2) is 35.0. The number of amides is 1. The van der Waals surface area contributed by atoms with Gasteiger partial charge < -0.3 is 20.6 Å². The SMILES string of the molecule is CCCCCCCCCCCCC/C=C/[C@@H](O)[C@H](CO)NC(=O)C[C@H](O)CCCCCCCCCCCCCCCCCC. The fourth-order valence-corrected chi connectivity index (χ4v) is 6.05. The zero-order valence-electron chi connectivity index (χ0n) is 29.6. The minimum Gasteiger partial charge on any atom is -0.394 e. The summed E-state index contributed by atoms with van der Waals surface area (Å²) in [6.45, 7) is 4.20. The third kappa shape index (κ3) is 31.1. The maximum Gasteiger partial charge on any atom is 0.222 e. The highest BCUT2D eigenvalue weighted by molar-refractivity contribution is 5.76. The van der Waals surface area contributed by atoms with Crippen molar-refractivity contribution in [2.45, 2.75) is 225 Å². The van der Waals surface area contributed by atoms with Crippen LogP contribution in [0.2, 0.25) is 0 Å². The molecule has 0 unspecified atom stereocenters. The molecule has 0 aliphatic rings. The molecular weight excluding hydrogens is 546 g/mol. The molecule has 0 aromatic heterocycles. The molecule has 1 amide bonds. The molecule has 0 aromatic rings. The maximum absolute atomic E-state index is 12.4. The van der Waals surface area contributed by atoms with Gasteiger partial charge in [0.15, 0.2) is 0 Å². The fourth-order valence-electron chi connectivity index (χ4n) is 6.05. The van der Waals surface area contributed by atoms with Gasteiger partial charge in [-0.15, -0.1) is 0 Å². The van der Waals surface area contributed by atoms with Gasteiger partial charge in [0.1, 0.15) is 0 Å². The van der Waals surface area contributed by atoms with E-state index in [1.54, 1.807) is 6.08 Å². The lowest BCUT2D eigenvalue weighted by atomic mass is 10.0. The average molecular weight is 624 g/mol. The van der Waals surface area contributed by atoms with Gasteiger partial charge in [-0.25, -0.2) is 0 Å². The second-order valence-electron chi connectivity index (χ2n) is 13.5. The van der Waals surface area contributed by atoms with E-state index in [1.807, 2.05) is 6.08 Å². The summed E-state index contributed by atoms with van der Waals surface area (Å²) in [4.78, 5) is 12.4. The van der Waals surface area contributed by atoms with Crippen LogP contribution >= 0.6 is 0 Å². The summed E-state index contributed by atoms with van der Waals surface area (Å²) in [5.41, 5.74) is 0. The molecule has 0 spiro atoms. The summed E-state index contributed by atoms with van der Waals surface area (Å²) in [6, 6.07) is -0.737. The number of allylic oxidation sites excluding steroid dienone is 1. The highest BCUT2D eigenvalue weighted by Gasteiger charge is 2.20. The van der Waals surface area contributed by atoms with Gasteiger partial charge in [0.2, 0.25) is 5.91 Å². The molecule has 262 valence electrons. The van der Waals surface area contributed by atoms with Crippen LogP contribution in [0.1, 0.15) is 206 Å². The molecule has 0 saturated heterocycles. The lowest BCUT2D eigenvalue weighted by Gasteiger charge is -2.21. The Hall–Kier alpha value is -0.910. The van der Waals surface area contributed by atoms with E-state index < -0.39 is 18.2 Å². The van der Waals surface area contributed by atoms with Crippen LogP contribution in [0, 0.1) is 0 Å². The molecule has 0 heterocycles. The molecule has 44 heavy (non-hydrogen) atoms. The van der Waals surface area contributed by atoms with Crippen LogP contribution in [0.25, 0.3) is 0 Å². The zero-order valence-corrected chi connectivity index (χ0v) is 29.6. The van der Waals surface area contributed by atoms with Gasteiger partial charge in [0.05, 0.1) is 31.3 Å². The predicted octanol–water partition coefficient (Wildman–Crippen LogP) is 10.5. The first kappa shape index (κ1) is 43.1. The first-order valence-corrected chi connectivity index (χ1v) is 19.5. The third-order valence-corrected chi connectivity index (χ3v) is 9.07. The van der Waals surface area contributed by atoms with E-state index in [0.29, 0.717) is 6.42 Å².